The number of hydrogen-bond acceptors (Lipinski definition) is 1. The quantitative estimate of drug-likeness (QED) is 0.380. The first-order chi connectivity index (χ1) is 10.3. The summed E-state index contributed by atoms with van der Waals surface area (Å²) in [5.41, 5.74) is 2.37. The Kier molecular flexibility index (Phi) is 22.1. The van der Waals surface area contributed by atoms with E-state index in [1.54, 1.807) is 0 Å². The zero-order chi connectivity index (χ0) is 17.0. The van der Waals surface area contributed by atoms with Crippen LogP contribution in [0.2, 0.25) is 0 Å². The van der Waals surface area contributed by atoms with Crippen LogP contribution in [-0.4, -0.2) is 10.8 Å². The Bertz CT molecular complexity index is 364. The summed E-state index contributed by atoms with van der Waals surface area (Å²) in [4.78, 5) is 0. The predicted octanol–water partition coefficient (Wildman–Crippen LogP) is 5.10. The molecule has 2 rings (SSSR count). The molecule has 1 atom stereocenters. The number of aryl methyl sites for hydroxylation is 1. The van der Waals surface area contributed by atoms with E-state index in [-0.39, 0.29) is 26.8 Å². The molecular formula is C17H31BrCl2FNPPd-. The summed E-state index contributed by atoms with van der Waals surface area (Å²) < 4.78 is 1.14. The van der Waals surface area contributed by atoms with Crippen molar-refractivity contribution in [3.8, 4) is 0 Å². The smallest absolute Gasteiger partial charge is 1.00 e. The monoisotopic (exact) mass is 554 g/mol. The van der Waals surface area contributed by atoms with Gasteiger partial charge in [-0.05, 0) is 42.7 Å². The van der Waals surface area contributed by atoms with E-state index in [1.165, 1.54) is 46.2 Å². The van der Waals surface area contributed by atoms with E-state index in [9.17, 15) is 0 Å². The van der Waals surface area contributed by atoms with Crippen LogP contribution in [0, 0.1) is 6.92 Å². The Hall–Kier alpha value is 1.26. The van der Waals surface area contributed by atoms with Crippen molar-refractivity contribution in [2.45, 2.75) is 70.6 Å². The third-order valence-corrected chi connectivity index (χ3v) is 5.63. The van der Waals surface area contributed by atoms with Gasteiger partial charge in [0.25, 0.3) is 0 Å². The van der Waals surface area contributed by atoms with Crippen LogP contribution in [0.1, 0.15) is 58.4 Å². The van der Waals surface area contributed by atoms with Gasteiger partial charge in [0.1, 0.15) is 0 Å². The van der Waals surface area contributed by atoms with E-state index in [1.807, 2.05) is 12.1 Å². The molecule has 1 aliphatic rings. The van der Waals surface area contributed by atoms with E-state index in [0.29, 0.717) is 5.16 Å². The van der Waals surface area contributed by atoms with Gasteiger partial charge in [-0.25, -0.2) is 0 Å². The summed E-state index contributed by atoms with van der Waals surface area (Å²) in [6, 6.07) is 8.22. The molecule has 0 aliphatic heterocycles. The van der Waals surface area contributed by atoms with Crippen LogP contribution < -0.4 is 10.9 Å². The van der Waals surface area contributed by atoms with Gasteiger partial charge in [-0.1, -0.05) is 73.7 Å². The minimum absolute atomic E-state index is 0. The molecule has 1 fully saturated rings. The van der Waals surface area contributed by atoms with Gasteiger partial charge in [0.2, 0.25) is 0 Å². The SMILES string of the molecule is CC(C)(C)PC1CCCCC1.Cc1ccc(Br)cc1.N.[Cl][Pd][Cl].[F-]. The van der Waals surface area contributed by atoms with Crippen LogP contribution in [0.4, 0.5) is 0 Å². The van der Waals surface area contributed by atoms with E-state index in [0.717, 1.165) is 10.1 Å². The zero-order valence-corrected chi connectivity index (χ0v) is 20.6. The molecule has 1 nitrogen and oxygen atoms in total. The van der Waals surface area contributed by atoms with E-state index in [2.05, 4.69) is 55.8 Å². The Morgan fingerprint density at radius 2 is 1.46 bits per heavy atom. The van der Waals surface area contributed by atoms with Gasteiger partial charge in [-0.15, -0.1) is 8.58 Å². The fraction of sp³-hybridized carbons (Fsp3) is 0.647. The molecule has 3 N–H and O–H groups in total. The Labute approximate surface area is 174 Å². The van der Waals surface area contributed by atoms with Gasteiger partial charge in [0.05, 0.1) is 0 Å². The number of hydrogen-bond donors (Lipinski definition) is 1. The van der Waals surface area contributed by atoms with Gasteiger partial charge < -0.3 is 10.9 Å². The zero-order valence-electron chi connectivity index (χ0n) is 15.0. The van der Waals surface area contributed by atoms with Crippen molar-refractivity contribution in [3.05, 3.63) is 34.3 Å². The number of rotatable bonds is 1. The first kappa shape index (κ1) is 30.0. The first-order valence-corrected chi connectivity index (χ1v) is 13.5. The Morgan fingerprint density at radius 3 is 1.79 bits per heavy atom. The van der Waals surface area contributed by atoms with E-state index >= 15 is 0 Å². The van der Waals surface area contributed by atoms with Gasteiger partial charge >= 0.3 is 35.0 Å². The molecule has 1 aromatic rings. The molecular weight excluding hydrogens is 525 g/mol. The minimum atomic E-state index is -0.106. The molecule has 1 aromatic carbocycles. The van der Waals surface area contributed by atoms with Crippen LogP contribution >= 0.6 is 43.6 Å². The minimum Gasteiger partial charge on any atom is -1.00 e. The van der Waals surface area contributed by atoms with Crippen LogP contribution in [0.5, 0.6) is 0 Å². The van der Waals surface area contributed by atoms with Gasteiger partial charge in [-0.3, -0.25) is 0 Å². The van der Waals surface area contributed by atoms with Crippen LogP contribution in [-0.2, 0) is 15.9 Å². The Morgan fingerprint density at radius 1 is 1.04 bits per heavy atom. The maximum Gasteiger partial charge on any atom is -1.00 e. The van der Waals surface area contributed by atoms with Crippen LogP contribution in [0.15, 0.2) is 28.7 Å². The molecule has 0 bridgehead atoms. The maximum atomic E-state index is 4.81. The molecule has 0 spiro atoms. The fourth-order valence-corrected chi connectivity index (χ4v) is 4.58. The normalized spacial score (nSPS) is 14.6. The van der Waals surface area contributed by atoms with Crippen molar-refractivity contribution in [3.63, 3.8) is 0 Å². The molecule has 0 amide bonds. The molecule has 1 aliphatic carbocycles. The molecule has 148 valence electrons. The molecule has 0 heterocycles. The summed E-state index contributed by atoms with van der Waals surface area (Å²) in [6.45, 7) is 9.20. The largest absolute Gasteiger partial charge is 1.00 e. The van der Waals surface area contributed by atoms with Gasteiger partial charge in [-0.2, -0.15) is 0 Å². The first-order valence-electron chi connectivity index (χ1n) is 7.60. The van der Waals surface area contributed by atoms with Crippen molar-refractivity contribution in [1.29, 1.82) is 0 Å². The standard InChI is InChI=1S/C10H21P.C7H7Br.2ClH.FH.H3N.Pd/c1-10(2,3)11-9-7-5-4-6-8-9;1-6-2-4-7(8)5-3-6;;;;;/h9,11H,4-8H2,1-3H3;2-5H,1H3;3*1H;1H3;/q;;;;;;+2/p-3. The second kappa shape index (κ2) is 17.7. The summed E-state index contributed by atoms with van der Waals surface area (Å²) in [5, 5.41) is 0.585. The average molecular weight is 557 g/mol. The van der Waals surface area contributed by atoms with E-state index < -0.39 is 0 Å². The summed E-state index contributed by atoms with van der Waals surface area (Å²) >= 11 is 3.24. The molecule has 0 saturated heterocycles. The second-order valence-corrected chi connectivity index (χ2v) is 12.5. The number of halogens is 4. The summed E-state index contributed by atoms with van der Waals surface area (Å²) in [6.07, 6.45) is 7.50. The van der Waals surface area contributed by atoms with Crippen molar-refractivity contribution in [2.24, 2.45) is 0 Å². The predicted molar refractivity (Wildman–Crippen MR) is 111 cm³/mol. The topological polar surface area (TPSA) is 35.0 Å². The molecule has 1 unspecified atom stereocenters. The number of benzene rings is 1. The molecule has 7 heteroatoms. The fourth-order valence-electron chi connectivity index (χ4n) is 2.39. The molecule has 0 aromatic heterocycles. The van der Waals surface area contributed by atoms with Crippen LogP contribution in [0.3, 0.4) is 0 Å². The van der Waals surface area contributed by atoms with Gasteiger partial charge in [0.15, 0.2) is 0 Å². The third-order valence-electron chi connectivity index (χ3n) is 3.25. The Balaban J connectivity index is -0.000000303. The maximum absolute atomic E-state index is 4.81. The third kappa shape index (κ3) is 19.6. The molecule has 1 saturated carbocycles. The molecule has 24 heavy (non-hydrogen) atoms. The van der Waals surface area contributed by atoms with Crippen molar-refractivity contribution in [1.82, 2.24) is 6.15 Å². The summed E-state index contributed by atoms with van der Waals surface area (Å²) in [7, 11) is 10.8. The average Bonchev–Trinajstić information content (AvgIpc) is 2.43. The van der Waals surface area contributed by atoms with Gasteiger partial charge in [0, 0.05) is 4.47 Å². The molecule has 0 radical (unpaired) electrons. The van der Waals surface area contributed by atoms with Crippen LogP contribution in [0.25, 0.3) is 0 Å². The van der Waals surface area contributed by atoms with Crippen molar-refractivity contribution >= 4 is 43.6 Å². The van der Waals surface area contributed by atoms with E-state index in [4.69, 9.17) is 19.1 Å². The van der Waals surface area contributed by atoms with Crippen molar-refractivity contribution in [2.75, 3.05) is 0 Å². The second-order valence-electron chi connectivity index (χ2n) is 6.57. The van der Waals surface area contributed by atoms with Crippen molar-refractivity contribution < 1.29 is 20.6 Å². The summed E-state index contributed by atoms with van der Waals surface area (Å²) in [5.74, 6) is 0.